The Bertz CT molecular complexity index is 207. The third-order valence-corrected chi connectivity index (χ3v) is 2.30. The third-order valence-electron chi connectivity index (χ3n) is 1.29. The van der Waals surface area contributed by atoms with Crippen LogP contribution in [0.25, 0.3) is 0 Å². The van der Waals surface area contributed by atoms with E-state index < -0.39 is 26.5 Å². The molecule has 1 aliphatic rings. The summed E-state index contributed by atoms with van der Waals surface area (Å²) in [5, 5.41) is 0. The maximum atomic E-state index is 12.4. The highest BCUT2D eigenvalue weighted by molar-refractivity contribution is 7.48. The zero-order chi connectivity index (χ0) is 8.70. The first kappa shape index (κ1) is 9.03. The number of rotatable bonds is 0. The van der Waals surface area contributed by atoms with Crippen molar-refractivity contribution in [2.45, 2.75) is 19.0 Å². The van der Waals surface area contributed by atoms with Crippen molar-refractivity contribution in [2.75, 3.05) is 6.61 Å². The predicted octanol–water partition coefficient (Wildman–Crippen LogP) is 2.13. The molecular weight excluding hydrogens is 184 g/mol. The van der Waals surface area contributed by atoms with E-state index in [9.17, 15) is 17.5 Å². The Kier molecular flexibility index (Phi) is 2.03. The van der Waals surface area contributed by atoms with Gasteiger partial charge in [-0.15, -0.1) is 4.20 Å². The first-order valence-corrected chi connectivity index (χ1v) is 4.27. The molecule has 1 heterocycles. The van der Waals surface area contributed by atoms with Gasteiger partial charge in [0.15, 0.2) is 0 Å². The molecule has 0 aromatic carbocycles. The van der Waals surface area contributed by atoms with Gasteiger partial charge in [-0.1, -0.05) is 0 Å². The van der Waals surface area contributed by atoms with Crippen LogP contribution in [0.4, 0.5) is 13.0 Å². The van der Waals surface area contributed by atoms with Gasteiger partial charge in [-0.05, 0) is 6.92 Å². The van der Waals surface area contributed by atoms with Gasteiger partial charge in [-0.25, -0.2) is 13.3 Å². The maximum Gasteiger partial charge on any atom is 0.513 e. The SMILES string of the molecule is CC1OP(=O)(F)OCC1(F)F. The number of hydrogen-bond donors (Lipinski definition) is 0. The fourth-order valence-electron chi connectivity index (χ4n) is 0.577. The van der Waals surface area contributed by atoms with Crippen molar-refractivity contribution in [3.8, 4) is 0 Å². The molecule has 1 aliphatic heterocycles. The summed E-state index contributed by atoms with van der Waals surface area (Å²) in [6, 6.07) is 0. The van der Waals surface area contributed by atoms with Crippen molar-refractivity contribution in [3.05, 3.63) is 0 Å². The van der Waals surface area contributed by atoms with Crippen molar-refractivity contribution in [2.24, 2.45) is 0 Å². The second-order valence-corrected chi connectivity index (χ2v) is 3.54. The van der Waals surface area contributed by atoms with E-state index >= 15 is 0 Å². The lowest BCUT2D eigenvalue weighted by atomic mass is 10.2. The molecule has 0 spiro atoms. The highest BCUT2D eigenvalue weighted by atomic mass is 31.2. The number of halogens is 3. The molecular formula is C4H6F3O3P. The fraction of sp³-hybridized carbons (Fsp3) is 1.00. The molecule has 2 unspecified atom stereocenters. The first-order valence-electron chi connectivity index (χ1n) is 2.84. The fourth-order valence-corrected chi connectivity index (χ4v) is 1.50. The minimum Gasteiger partial charge on any atom is -0.277 e. The smallest absolute Gasteiger partial charge is 0.277 e. The molecule has 0 amide bonds. The third kappa shape index (κ3) is 1.95. The zero-order valence-electron chi connectivity index (χ0n) is 5.59. The Morgan fingerprint density at radius 2 is 2.18 bits per heavy atom. The Morgan fingerprint density at radius 1 is 1.64 bits per heavy atom. The maximum absolute atomic E-state index is 12.4. The molecule has 0 radical (unpaired) electrons. The van der Waals surface area contributed by atoms with Crippen molar-refractivity contribution >= 4 is 7.91 Å². The summed E-state index contributed by atoms with van der Waals surface area (Å²) in [6.45, 7) is -0.253. The summed E-state index contributed by atoms with van der Waals surface area (Å²) in [5.74, 6) is -3.26. The Labute approximate surface area is 61.1 Å². The van der Waals surface area contributed by atoms with E-state index in [4.69, 9.17) is 0 Å². The molecule has 66 valence electrons. The standard InChI is InChI=1S/C4H6F3O3P/c1-3-4(5,6)2-9-11(7,8)10-3/h3H,2H2,1H3. The summed E-state index contributed by atoms with van der Waals surface area (Å²) < 4.78 is 54.8. The van der Waals surface area contributed by atoms with E-state index in [1.807, 2.05) is 0 Å². The Balaban J connectivity index is 2.70. The van der Waals surface area contributed by atoms with Crippen LogP contribution in [0, 0.1) is 0 Å². The van der Waals surface area contributed by atoms with Crippen molar-refractivity contribution in [1.82, 2.24) is 0 Å². The lowest BCUT2D eigenvalue weighted by molar-refractivity contribution is -0.149. The van der Waals surface area contributed by atoms with Crippen molar-refractivity contribution in [3.63, 3.8) is 0 Å². The van der Waals surface area contributed by atoms with E-state index in [-0.39, 0.29) is 0 Å². The second-order valence-electron chi connectivity index (χ2n) is 2.21. The van der Waals surface area contributed by atoms with Crippen LogP contribution >= 0.6 is 7.91 Å². The van der Waals surface area contributed by atoms with Gasteiger partial charge >= 0.3 is 7.91 Å². The summed E-state index contributed by atoms with van der Waals surface area (Å²) >= 11 is 0. The van der Waals surface area contributed by atoms with Gasteiger partial charge in [-0.3, -0.25) is 9.05 Å². The molecule has 0 aromatic rings. The van der Waals surface area contributed by atoms with Gasteiger partial charge in [0.2, 0.25) is 0 Å². The first-order chi connectivity index (χ1) is 4.83. The predicted molar refractivity (Wildman–Crippen MR) is 30.2 cm³/mol. The monoisotopic (exact) mass is 190 g/mol. The summed E-state index contributed by atoms with van der Waals surface area (Å²) in [5.41, 5.74) is 0. The quantitative estimate of drug-likeness (QED) is 0.549. The lowest BCUT2D eigenvalue weighted by Gasteiger charge is -2.29. The normalized spacial score (nSPS) is 43.8. The molecule has 11 heavy (non-hydrogen) atoms. The average molecular weight is 190 g/mol. The van der Waals surface area contributed by atoms with Crippen LogP contribution in [0.3, 0.4) is 0 Å². The van der Waals surface area contributed by atoms with Crippen LogP contribution in [0.1, 0.15) is 6.92 Å². The van der Waals surface area contributed by atoms with E-state index in [0.29, 0.717) is 0 Å². The molecule has 0 N–H and O–H groups in total. The largest absolute Gasteiger partial charge is 0.513 e. The van der Waals surface area contributed by atoms with Crippen LogP contribution in [0.5, 0.6) is 0 Å². The zero-order valence-corrected chi connectivity index (χ0v) is 6.48. The van der Waals surface area contributed by atoms with E-state index in [1.165, 1.54) is 0 Å². The molecule has 7 heteroatoms. The topological polar surface area (TPSA) is 35.5 Å². The van der Waals surface area contributed by atoms with Crippen molar-refractivity contribution in [1.29, 1.82) is 0 Å². The molecule has 0 aliphatic carbocycles. The minimum atomic E-state index is -4.70. The summed E-state index contributed by atoms with van der Waals surface area (Å²) in [4.78, 5) is 0. The molecule has 1 fully saturated rings. The van der Waals surface area contributed by atoms with Gasteiger partial charge in [0, 0.05) is 0 Å². The molecule has 0 aromatic heterocycles. The van der Waals surface area contributed by atoms with Crippen LogP contribution in [-0.4, -0.2) is 18.6 Å². The second kappa shape index (κ2) is 2.47. The van der Waals surface area contributed by atoms with Crippen molar-refractivity contribution < 1.29 is 26.6 Å². The summed E-state index contributed by atoms with van der Waals surface area (Å²) in [6.07, 6.45) is -1.70. The Hall–Kier alpha value is -0.0600. The Morgan fingerprint density at radius 3 is 2.55 bits per heavy atom. The van der Waals surface area contributed by atoms with E-state index in [1.54, 1.807) is 0 Å². The molecule has 2 atom stereocenters. The molecule has 0 saturated carbocycles. The average Bonchev–Trinajstić information content (AvgIpc) is 1.81. The number of alkyl halides is 2. The van der Waals surface area contributed by atoms with Gasteiger partial charge in [0.1, 0.15) is 12.7 Å². The highest BCUT2D eigenvalue weighted by Crippen LogP contribution is 2.56. The van der Waals surface area contributed by atoms with Gasteiger partial charge in [-0.2, -0.15) is 0 Å². The van der Waals surface area contributed by atoms with Crippen LogP contribution < -0.4 is 0 Å². The van der Waals surface area contributed by atoms with Crippen LogP contribution in [0.2, 0.25) is 0 Å². The minimum absolute atomic E-state index is 0.939. The molecule has 1 saturated heterocycles. The van der Waals surface area contributed by atoms with Gasteiger partial charge < -0.3 is 0 Å². The van der Waals surface area contributed by atoms with E-state index in [0.717, 1.165) is 6.92 Å². The highest BCUT2D eigenvalue weighted by Gasteiger charge is 2.49. The molecule has 0 bridgehead atoms. The van der Waals surface area contributed by atoms with Crippen LogP contribution in [-0.2, 0) is 13.6 Å². The lowest BCUT2D eigenvalue weighted by Crippen LogP contribution is -2.40. The van der Waals surface area contributed by atoms with Gasteiger partial charge in [0.05, 0.1) is 0 Å². The van der Waals surface area contributed by atoms with Crippen LogP contribution in [0.15, 0.2) is 0 Å². The number of hydrogen-bond acceptors (Lipinski definition) is 3. The molecule has 1 rings (SSSR count). The van der Waals surface area contributed by atoms with E-state index in [2.05, 4.69) is 9.05 Å². The summed E-state index contributed by atoms with van der Waals surface area (Å²) in [7, 11) is -4.70. The van der Waals surface area contributed by atoms with Gasteiger partial charge in [0.25, 0.3) is 5.92 Å². The molecule has 3 nitrogen and oxygen atoms in total.